The van der Waals surface area contributed by atoms with Gasteiger partial charge in [-0.3, -0.25) is 9.69 Å². The number of rotatable bonds is 5. The molecule has 1 aromatic heterocycles. The molecule has 1 saturated heterocycles. The van der Waals surface area contributed by atoms with Crippen LogP contribution in [0.5, 0.6) is 0 Å². The summed E-state index contributed by atoms with van der Waals surface area (Å²) in [4.78, 5) is 19.0. The number of thiazole rings is 1. The maximum Gasteiger partial charge on any atom is 0.250 e. The zero-order valence-corrected chi connectivity index (χ0v) is 14.0. The molecule has 1 fully saturated rings. The predicted octanol–water partition coefficient (Wildman–Crippen LogP) is 2.15. The van der Waals surface area contributed by atoms with Crippen molar-refractivity contribution in [1.29, 1.82) is 0 Å². The lowest BCUT2D eigenvalue weighted by Gasteiger charge is -2.31. The summed E-state index contributed by atoms with van der Waals surface area (Å²) in [7, 11) is 0. The summed E-state index contributed by atoms with van der Waals surface area (Å²) in [5.41, 5.74) is 1.98. The number of nitrogens with zero attached hydrogens (tertiary/aromatic N) is 2. The average molecular weight is 331 g/mol. The molecule has 1 N–H and O–H groups in total. The highest BCUT2D eigenvalue weighted by molar-refractivity contribution is 7.13. The van der Waals surface area contributed by atoms with Crippen LogP contribution in [0.2, 0.25) is 0 Å². The summed E-state index contributed by atoms with van der Waals surface area (Å²) in [6.45, 7) is 5.65. The van der Waals surface area contributed by atoms with E-state index >= 15 is 0 Å². The lowest BCUT2D eigenvalue weighted by atomic mass is 10.2. The standard InChI is InChI=1S/C17H21N3O2S/c1-2-20-8-9-22-15(11-20)16(21)18-10-14-12-23-17(19-14)13-6-4-3-5-7-13/h3-7,12,15H,2,8-11H2,1H3,(H,18,21). The zero-order valence-electron chi connectivity index (χ0n) is 13.2. The van der Waals surface area contributed by atoms with E-state index in [2.05, 4.69) is 22.1 Å². The Hall–Kier alpha value is -1.76. The van der Waals surface area contributed by atoms with Crippen molar-refractivity contribution in [3.63, 3.8) is 0 Å². The van der Waals surface area contributed by atoms with E-state index in [9.17, 15) is 4.79 Å². The number of hydrogen-bond acceptors (Lipinski definition) is 5. The zero-order chi connectivity index (χ0) is 16.1. The molecule has 122 valence electrons. The minimum atomic E-state index is -0.379. The van der Waals surface area contributed by atoms with E-state index < -0.39 is 0 Å². The number of hydrogen-bond donors (Lipinski definition) is 1. The first kappa shape index (κ1) is 16.1. The van der Waals surface area contributed by atoms with Gasteiger partial charge in [-0.15, -0.1) is 11.3 Å². The van der Waals surface area contributed by atoms with E-state index in [4.69, 9.17) is 4.74 Å². The molecule has 0 bridgehead atoms. The molecule has 0 radical (unpaired) electrons. The van der Waals surface area contributed by atoms with Gasteiger partial charge >= 0.3 is 0 Å². The Morgan fingerprint density at radius 3 is 3.04 bits per heavy atom. The van der Waals surface area contributed by atoms with E-state index in [-0.39, 0.29) is 12.0 Å². The van der Waals surface area contributed by atoms with Crippen LogP contribution in [0.15, 0.2) is 35.7 Å². The lowest BCUT2D eigenvalue weighted by molar-refractivity contribution is -0.138. The van der Waals surface area contributed by atoms with Gasteiger partial charge < -0.3 is 10.1 Å². The summed E-state index contributed by atoms with van der Waals surface area (Å²) in [5.74, 6) is -0.0580. The van der Waals surface area contributed by atoms with Crippen molar-refractivity contribution in [2.24, 2.45) is 0 Å². The first-order valence-corrected chi connectivity index (χ1v) is 8.75. The second-order valence-corrected chi connectivity index (χ2v) is 6.34. The van der Waals surface area contributed by atoms with Gasteiger partial charge in [-0.25, -0.2) is 4.98 Å². The summed E-state index contributed by atoms with van der Waals surface area (Å²) >= 11 is 1.59. The van der Waals surface area contributed by atoms with Crippen molar-refractivity contribution in [2.45, 2.75) is 19.6 Å². The predicted molar refractivity (Wildman–Crippen MR) is 91.3 cm³/mol. The number of aromatic nitrogens is 1. The highest BCUT2D eigenvalue weighted by atomic mass is 32.1. The molecule has 6 heteroatoms. The van der Waals surface area contributed by atoms with Crippen LogP contribution in [0.3, 0.4) is 0 Å². The monoisotopic (exact) mass is 331 g/mol. The van der Waals surface area contributed by atoms with Gasteiger partial charge in [-0.2, -0.15) is 0 Å². The van der Waals surface area contributed by atoms with Gasteiger partial charge in [0.2, 0.25) is 0 Å². The van der Waals surface area contributed by atoms with Crippen LogP contribution in [-0.4, -0.2) is 48.1 Å². The van der Waals surface area contributed by atoms with Gasteiger partial charge in [0.15, 0.2) is 0 Å². The molecular weight excluding hydrogens is 310 g/mol. The van der Waals surface area contributed by atoms with E-state index in [1.54, 1.807) is 11.3 Å². The number of amides is 1. The maximum absolute atomic E-state index is 12.2. The summed E-state index contributed by atoms with van der Waals surface area (Å²) in [5, 5.41) is 5.89. The third-order valence-corrected chi connectivity index (χ3v) is 4.85. The van der Waals surface area contributed by atoms with Crippen LogP contribution in [-0.2, 0) is 16.1 Å². The number of carbonyl (C=O) groups excluding carboxylic acids is 1. The van der Waals surface area contributed by atoms with Crippen LogP contribution in [0.25, 0.3) is 10.6 Å². The van der Waals surface area contributed by atoms with Crippen molar-refractivity contribution in [3.8, 4) is 10.6 Å². The quantitative estimate of drug-likeness (QED) is 0.912. The van der Waals surface area contributed by atoms with Crippen molar-refractivity contribution in [3.05, 3.63) is 41.4 Å². The van der Waals surface area contributed by atoms with E-state index in [1.165, 1.54) is 0 Å². The molecule has 5 nitrogen and oxygen atoms in total. The Morgan fingerprint density at radius 1 is 1.43 bits per heavy atom. The minimum absolute atomic E-state index is 0.0580. The Kier molecular flexibility index (Phi) is 5.38. The van der Waals surface area contributed by atoms with Gasteiger partial charge in [0.1, 0.15) is 11.1 Å². The number of nitrogens with one attached hydrogen (secondary N) is 1. The van der Waals surface area contributed by atoms with Crippen molar-refractivity contribution < 1.29 is 9.53 Å². The van der Waals surface area contributed by atoms with Crippen LogP contribution in [0.1, 0.15) is 12.6 Å². The molecule has 1 amide bonds. The number of ether oxygens (including phenoxy) is 1. The first-order chi connectivity index (χ1) is 11.3. The smallest absolute Gasteiger partial charge is 0.250 e. The summed E-state index contributed by atoms with van der Waals surface area (Å²) in [6.07, 6.45) is -0.379. The maximum atomic E-state index is 12.2. The Bertz CT molecular complexity index is 644. The molecule has 0 spiro atoms. The van der Waals surface area contributed by atoms with Crippen LogP contribution < -0.4 is 5.32 Å². The van der Waals surface area contributed by atoms with Gasteiger partial charge in [0, 0.05) is 24.0 Å². The second-order valence-electron chi connectivity index (χ2n) is 5.48. The first-order valence-electron chi connectivity index (χ1n) is 7.87. The molecule has 3 rings (SSSR count). The van der Waals surface area contributed by atoms with E-state index in [1.807, 2.05) is 35.7 Å². The van der Waals surface area contributed by atoms with Gasteiger partial charge in [0.05, 0.1) is 18.8 Å². The van der Waals surface area contributed by atoms with Gasteiger partial charge in [-0.05, 0) is 6.54 Å². The average Bonchev–Trinajstić information content (AvgIpc) is 3.09. The molecule has 1 aromatic carbocycles. The van der Waals surface area contributed by atoms with Gasteiger partial charge in [-0.1, -0.05) is 37.3 Å². The topological polar surface area (TPSA) is 54.5 Å². The molecule has 23 heavy (non-hydrogen) atoms. The molecule has 1 unspecified atom stereocenters. The van der Waals surface area contributed by atoms with Crippen LogP contribution in [0.4, 0.5) is 0 Å². The number of carbonyl (C=O) groups is 1. The number of benzene rings is 1. The summed E-state index contributed by atoms with van der Waals surface area (Å²) < 4.78 is 5.56. The summed E-state index contributed by atoms with van der Waals surface area (Å²) in [6, 6.07) is 10.1. The van der Waals surface area contributed by atoms with Crippen molar-refractivity contribution >= 4 is 17.2 Å². The second kappa shape index (κ2) is 7.68. The van der Waals surface area contributed by atoms with Crippen molar-refractivity contribution in [1.82, 2.24) is 15.2 Å². The van der Waals surface area contributed by atoms with Crippen molar-refractivity contribution in [2.75, 3.05) is 26.2 Å². The fourth-order valence-electron chi connectivity index (χ4n) is 2.54. The normalized spacial score (nSPS) is 18.7. The van der Waals surface area contributed by atoms with E-state index in [0.717, 1.165) is 29.4 Å². The largest absolute Gasteiger partial charge is 0.366 e. The third kappa shape index (κ3) is 4.16. The van der Waals surface area contributed by atoms with Gasteiger partial charge in [0.25, 0.3) is 5.91 Å². The molecule has 2 heterocycles. The molecular formula is C17H21N3O2S. The van der Waals surface area contributed by atoms with E-state index in [0.29, 0.717) is 19.7 Å². The Morgan fingerprint density at radius 2 is 2.26 bits per heavy atom. The fraction of sp³-hybridized carbons (Fsp3) is 0.412. The molecule has 2 aromatic rings. The molecule has 1 aliphatic rings. The van der Waals surface area contributed by atoms with Crippen LogP contribution in [0, 0.1) is 0 Å². The SMILES string of the molecule is CCN1CCOC(C(=O)NCc2csc(-c3ccccc3)n2)C1. The minimum Gasteiger partial charge on any atom is -0.366 e. The third-order valence-electron chi connectivity index (χ3n) is 3.91. The molecule has 1 aliphatic heterocycles. The van der Waals surface area contributed by atoms with Crippen LogP contribution >= 0.6 is 11.3 Å². The lowest BCUT2D eigenvalue weighted by Crippen LogP contribution is -2.49. The molecule has 0 saturated carbocycles. The Labute approximate surface area is 140 Å². The highest BCUT2D eigenvalue weighted by Crippen LogP contribution is 2.23. The number of likely N-dealkylation sites (N-methyl/N-ethyl adjacent to an activating group) is 1. The Balaban J connectivity index is 1.54. The molecule has 0 aliphatic carbocycles. The fourth-order valence-corrected chi connectivity index (χ4v) is 3.37. The highest BCUT2D eigenvalue weighted by Gasteiger charge is 2.25. The molecule has 1 atom stereocenters. The number of morpholine rings is 1.